The lowest BCUT2D eigenvalue weighted by molar-refractivity contribution is 0.102. The molecule has 0 saturated heterocycles. The van der Waals surface area contributed by atoms with Crippen LogP contribution in [0, 0.1) is 6.92 Å². The molecule has 0 atom stereocenters. The van der Waals surface area contributed by atoms with E-state index in [4.69, 9.17) is 14.6 Å². The van der Waals surface area contributed by atoms with E-state index in [9.17, 15) is 13.2 Å². The molecule has 7 nitrogen and oxygen atoms in total. The second-order valence-corrected chi connectivity index (χ2v) is 6.81. The van der Waals surface area contributed by atoms with Crippen molar-refractivity contribution in [3.05, 3.63) is 47.5 Å². The first-order valence-corrected chi connectivity index (χ1v) is 9.06. The van der Waals surface area contributed by atoms with Gasteiger partial charge < -0.3 is 14.8 Å². The number of methoxy groups -OCH3 is 1. The van der Waals surface area contributed by atoms with Crippen LogP contribution >= 0.6 is 0 Å². The van der Waals surface area contributed by atoms with Gasteiger partial charge in [0.15, 0.2) is 11.5 Å². The summed E-state index contributed by atoms with van der Waals surface area (Å²) in [7, 11) is -2.40. The number of carbonyl (C=O) groups excluding carboxylic acids is 1. The van der Waals surface area contributed by atoms with Gasteiger partial charge in [0.05, 0.1) is 18.6 Å². The van der Waals surface area contributed by atoms with Crippen molar-refractivity contribution in [3.8, 4) is 11.5 Å². The molecule has 0 aromatic heterocycles. The van der Waals surface area contributed by atoms with Crippen molar-refractivity contribution in [2.45, 2.75) is 18.7 Å². The Labute approximate surface area is 146 Å². The number of ether oxygens (including phenoxy) is 2. The molecule has 0 spiro atoms. The van der Waals surface area contributed by atoms with E-state index in [1.54, 1.807) is 25.1 Å². The first-order valence-electron chi connectivity index (χ1n) is 7.52. The van der Waals surface area contributed by atoms with Gasteiger partial charge >= 0.3 is 0 Å². The fourth-order valence-electron chi connectivity index (χ4n) is 2.27. The van der Waals surface area contributed by atoms with Crippen molar-refractivity contribution in [1.29, 1.82) is 0 Å². The van der Waals surface area contributed by atoms with E-state index in [0.29, 0.717) is 29.4 Å². The molecule has 0 saturated carbocycles. The number of primary sulfonamides is 1. The molecule has 2 aromatic carbocycles. The predicted octanol–water partition coefficient (Wildman–Crippen LogP) is 2.30. The van der Waals surface area contributed by atoms with Crippen LogP contribution in [0.25, 0.3) is 0 Å². The Bertz CT molecular complexity index is 894. The smallest absolute Gasteiger partial charge is 0.255 e. The molecule has 0 fully saturated rings. The number of sulfonamides is 1. The maximum atomic E-state index is 12.4. The second-order valence-electron chi connectivity index (χ2n) is 5.28. The molecule has 1 amide bonds. The molecular weight excluding hydrogens is 344 g/mol. The molecule has 0 aliphatic carbocycles. The molecule has 0 unspecified atom stereocenters. The van der Waals surface area contributed by atoms with Crippen LogP contribution in [0.3, 0.4) is 0 Å². The van der Waals surface area contributed by atoms with E-state index in [-0.39, 0.29) is 10.5 Å². The fourth-order valence-corrected chi connectivity index (χ4v) is 3.08. The lowest BCUT2D eigenvalue weighted by Gasteiger charge is -2.12. The van der Waals surface area contributed by atoms with Crippen molar-refractivity contribution >= 4 is 21.6 Å². The van der Waals surface area contributed by atoms with Crippen molar-refractivity contribution in [2.24, 2.45) is 5.14 Å². The standard InChI is InChI=1S/C17H20N2O5S/c1-4-24-14-8-7-13(10-15(14)23-3)19-17(20)12-6-5-11(2)16(9-12)25(18,21)22/h5-10H,4H2,1-3H3,(H,19,20)(H2,18,21,22). The number of aryl methyl sites for hydroxylation is 1. The van der Waals surface area contributed by atoms with Gasteiger partial charge in [-0.25, -0.2) is 13.6 Å². The molecule has 134 valence electrons. The summed E-state index contributed by atoms with van der Waals surface area (Å²) in [4.78, 5) is 12.3. The molecule has 0 heterocycles. The van der Waals surface area contributed by atoms with E-state index in [0.717, 1.165) is 0 Å². The quantitative estimate of drug-likeness (QED) is 0.818. The van der Waals surface area contributed by atoms with Gasteiger partial charge in [0.25, 0.3) is 5.91 Å². The molecule has 0 bridgehead atoms. The Hall–Kier alpha value is -2.58. The summed E-state index contributed by atoms with van der Waals surface area (Å²) in [6, 6.07) is 9.30. The zero-order valence-corrected chi connectivity index (χ0v) is 15.0. The number of amides is 1. The van der Waals surface area contributed by atoms with E-state index >= 15 is 0 Å². The van der Waals surface area contributed by atoms with Crippen LogP contribution in [0.15, 0.2) is 41.3 Å². The number of rotatable bonds is 6. The number of carbonyl (C=O) groups is 1. The van der Waals surface area contributed by atoms with Crippen LogP contribution in [0.2, 0.25) is 0 Å². The molecular formula is C17H20N2O5S. The Morgan fingerprint density at radius 1 is 1.16 bits per heavy atom. The average Bonchev–Trinajstić information content (AvgIpc) is 2.55. The van der Waals surface area contributed by atoms with Crippen molar-refractivity contribution < 1.29 is 22.7 Å². The third kappa shape index (κ3) is 4.49. The molecule has 0 aliphatic rings. The highest BCUT2D eigenvalue weighted by Gasteiger charge is 2.16. The van der Waals surface area contributed by atoms with E-state index in [1.807, 2.05) is 6.92 Å². The topological polar surface area (TPSA) is 108 Å². The molecule has 0 aliphatic heterocycles. The van der Waals surface area contributed by atoms with E-state index in [2.05, 4.69) is 5.32 Å². The Morgan fingerprint density at radius 2 is 1.88 bits per heavy atom. The summed E-state index contributed by atoms with van der Waals surface area (Å²) in [5.74, 6) is 0.583. The molecule has 25 heavy (non-hydrogen) atoms. The first-order chi connectivity index (χ1) is 11.8. The number of hydrogen-bond acceptors (Lipinski definition) is 5. The lowest BCUT2D eigenvalue weighted by atomic mass is 10.1. The number of anilines is 1. The lowest BCUT2D eigenvalue weighted by Crippen LogP contribution is -2.17. The van der Waals surface area contributed by atoms with Gasteiger partial charge in [-0.05, 0) is 43.7 Å². The normalized spacial score (nSPS) is 11.0. The van der Waals surface area contributed by atoms with Crippen LogP contribution in [0.1, 0.15) is 22.8 Å². The third-order valence-electron chi connectivity index (χ3n) is 3.48. The molecule has 8 heteroatoms. The summed E-state index contributed by atoms with van der Waals surface area (Å²) in [6.07, 6.45) is 0. The predicted molar refractivity (Wildman–Crippen MR) is 94.7 cm³/mol. The van der Waals surface area contributed by atoms with Crippen molar-refractivity contribution in [3.63, 3.8) is 0 Å². The van der Waals surface area contributed by atoms with Crippen molar-refractivity contribution in [2.75, 3.05) is 19.0 Å². The summed E-state index contributed by atoms with van der Waals surface area (Å²) < 4.78 is 33.8. The highest BCUT2D eigenvalue weighted by Crippen LogP contribution is 2.30. The molecule has 0 radical (unpaired) electrons. The summed E-state index contributed by atoms with van der Waals surface area (Å²) >= 11 is 0. The monoisotopic (exact) mass is 364 g/mol. The number of hydrogen-bond donors (Lipinski definition) is 2. The van der Waals surface area contributed by atoms with Crippen molar-refractivity contribution in [1.82, 2.24) is 0 Å². The fraction of sp³-hybridized carbons (Fsp3) is 0.235. The average molecular weight is 364 g/mol. The van der Waals surface area contributed by atoms with E-state index < -0.39 is 15.9 Å². The zero-order chi connectivity index (χ0) is 18.6. The number of benzene rings is 2. The van der Waals surface area contributed by atoms with Crippen LogP contribution in [0.5, 0.6) is 11.5 Å². The van der Waals surface area contributed by atoms with Gasteiger partial charge in [-0.2, -0.15) is 0 Å². The largest absolute Gasteiger partial charge is 0.493 e. The molecule has 2 rings (SSSR count). The molecule has 2 aromatic rings. The summed E-state index contributed by atoms with van der Waals surface area (Å²) in [6.45, 7) is 3.95. The van der Waals surface area contributed by atoms with Crippen LogP contribution in [0.4, 0.5) is 5.69 Å². The second kappa shape index (κ2) is 7.54. The number of nitrogens with one attached hydrogen (secondary N) is 1. The highest BCUT2D eigenvalue weighted by atomic mass is 32.2. The van der Waals surface area contributed by atoms with Gasteiger partial charge in [0.2, 0.25) is 10.0 Å². The highest BCUT2D eigenvalue weighted by molar-refractivity contribution is 7.89. The summed E-state index contributed by atoms with van der Waals surface area (Å²) in [5.41, 5.74) is 1.15. The van der Waals surface area contributed by atoms with Crippen LogP contribution < -0.4 is 19.9 Å². The molecule has 3 N–H and O–H groups in total. The maximum absolute atomic E-state index is 12.4. The Kier molecular flexibility index (Phi) is 5.66. The van der Waals surface area contributed by atoms with Gasteiger partial charge in [0.1, 0.15) is 0 Å². The minimum absolute atomic E-state index is 0.0792. The van der Waals surface area contributed by atoms with Gasteiger partial charge in [-0.1, -0.05) is 6.07 Å². The maximum Gasteiger partial charge on any atom is 0.255 e. The number of nitrogens with two attached hydrogens (primary N) is 1. The van der Waals surface area contributed by atoms with E-state index in [1.165, 1.54) is 25.3 Å². The van der Waals surface area contributed by atoms with Gasteiger partial charge in [0, 0.05) is 17.3 Å². The first kappa shape index (κ1) is 18.8. The van der Waals surface area contributed by atoms with Crippen LogP contribution in [-0.2, 0) is 10.0 Å². The minimum atomic E-state index is -3.90. The van der Waals surface area contributed by atoms with Gasteiger partial charge in [-0.3, -0.25) is 4.79 Å². The zero-order valence-electron chi connectivity index (χ0n) is 14.2. The SMILES string of the molecule is CCOc1ccc(NC(=O)c2ccc(C)c(S(N)(=O)=O)c2)cc1OC. The third-order valence-corrected chi connectivity index (χ3v) is 4.53. The Morgan fingerprint density at radius 3 is 2.48 bits per heavy atom. The Balaban J connectivity index is 2.28. The van der Waals surface area contributed by atoms with Crippen LogP contribution in [-0.4, -0.2) is 28.0 Å². The minimum Gasteiger partial charge on any atom is -0.493 e. The van der Waals surface area contributed by atoms with Gasteiger partial charge in [-0.15, -0.1) is 0 Å². The summed E-state index contributed by atoms with van der Waals surface area (Å²) in [5, 5.41) is 7.86.